The molecule has 0 N–H and O–H groups in total. The van der Waals surface area contributed by atoms with Crippen LogP contribution >= 0.6 is 0 Å². The molecule has 0 heterocycles. The summed E-state index contributed by atoms with van der Waals surface area (Å²) in [6.45, 7) is 0. The van der Waals surface area contributed by atoms with Crippen molar-refractivity contribution in [2.24, 2.45) is 0 Å². The molecule has 1 aromatic rings. The van der Waals surface area contributed by atoms with Crippen LogP contribution in [-0.2, 0) is 0 Å². The summed E-state index contributed by atoms with van der Waals surface area (Å²) in [6, 6.07) is 0.315. The fourth-order valence-electron chi connectivity index (χ4n) is 0.498. The van der Waals surface area contributed by atoms with Crippen molar-refractivity contribution in [1.82, 2.24) is 0 Å². The van der Waals surface area contributed by atoms with Crippen molar-refractivity contribution in [3.05, 3.63) is 35.4 Å². The zero-order valence-electron chi connectivity index (χ0n) is 10.9. The Balaban J connectivity index is -0.000000132. The maximum atomic E-state index is 12.0. The zero-order chi connectivity index (χ0) is 21.2. The van der Waals surface area contributed by atoms with Gasteiger partial charge < -0.3 is 51.8 Å². The Labute approximate surface area is 146 Å². The molecule has 0 aliphatic rings. The van der Waals surface area contributed by atoms with E-state index in [2.05, 4.69) is 0 Å². The van der Waals surface area contributed by atoms with Gasteiger partial charge in [-0.2, -0.15) is 0 Å². The van der Waals surface area contributed by atoms with Gasteiger partial charge in [0, 0.05) is 12.1 Å². The van der Waals surface area contributed by atoms with E-state index in [-0.39, 0.29) is 31.0 Å². The molecule has 0 bridgehead atoms. The molecule has 0 nitrogen and oxygen atoms in total. The molecule has 1 aromatic carbocycles. The van der Waals surface area contributed by atoms with E-state index in [0.717, 1.165) is 0 Å². The van der Waals surface area contributed by atoms with Crippen molar-refractivity contribution in [3.63, 3.8) is 0 Å². The van der Waals surface area contributed by atoms with Crippen LogP contribution in [-0.4, -0.2) is 40.6 Å². The fraction of sp³-hybridized carbons (Fsp3) is 0. The van der Waals surface area contributed by atoms with Gasteiger partial charge in [-0.05, 0) is 0 Å². The van der Waals surface area contributed by atoms with Crippen LogP contribution in [0.15, 0.2) is 12.1 Å². The van der Waals surface area contributed by atoms with Crippen LogP contribution in [0, 0.1) is 23.3 Å². The predicted octanol–water partition coefficient (Wildman–Crippen LogP) is 5.49. The fourth-order valence-corrected chi connectivity index (χ4v) is 0.498. The monoisotopic (exact) mass is 419 g/mol. The minimum absolute atomic E-state index is 0. The van der Waals surface area contributed by atoms with Gasteiger partial charge in [0.05, 0.1) is 0 Å². The average Bonchev–Trinajstić information content (AvgIpc) is 2.19. The van der Waals surface area contributed by atoms with Crippen molar-refractivity contribution >= 4 is 40.6 Å². The summed E-state index contributed by atoms with van der Waals surface area (Å²) in [4.78, 5) is 0. The zero-order valence-corrected chi connectivity index (χ0v) is 10.9. The third kappa shape index (κ3) is 49.5. The molecule has 26 heavy (non-hydrogen) atoms. The number of benzene rings is 1. The maximum absolute atomic E-state index is 12.0. The number of rotatable bonds is 0. The first-order valence-electron chi connectivity index (χ1n) is 5.03. The van der Waals surface area contributed by atoms with Crippen LogP contribution in [0.3, 0.4) is 0 Å². The Hall–Kier alpha value is -1.11. The van der Waals surface area contributed by atoms with Gasteiger partial charge >= 0.3 is 40.6 Å². The number of halogens is 16. The summed E-state index contributed by atoms with van der Waals surface area (Å²) in [6.07, 6.45) is 0. The van der Waals surface area contributed by atoms with E-state index in [1.54, 1.807) is 0 Å². The Bertz CT molecular complexity index is 398. The van der Waals surface area contributed by atoms with Gasteiger partial charge in [0.25, 0.3) is 0 Å². The number of hydrogen-bond donors (Lipinski definition) is 0. The first kappa shape index (κ1) is 32.6. The Kier molecular flexibility index (Phi) is 16.4. The summed E-state index contributed by atoms with van der Waals surface area (Å²) < 4.78 is 165. The van der Waals surface area contributed by atoms with Crippen LogP contribution in [0.25, 0.3) is 0 Å². The van der Waals surface area contributed by atoms with Crippen LogP contribution in [0.5, 0.6) is 0 Å². The van der Waals surface area contributed by atoms with E-state index in [4.69, 9.17) is 0 Å². The normalized spacial score (nSPS) is 10.8. The van der Waals surface area contributed by atoms with E-state index >= 15 is 0 Å². The molecular formula is C6H3B3F16Li-3. The Morgan fingerprint density at radius 2 is 0.462 bits per heavy atom. The molecule has 1 rings (SSSR count). The summed E-state index contributed by atoms with van der Waals surface area (Å²) in [5.74, 6) is -5.56. The first-order valence-corrected chi connectivity index (χ1v) is 5.03. The third-order valence-electron chi connectivity index (χ3n) is 0.963. The molecule has 0 spiro atoms. The van der Waals surface area contributed by atoms with Crippen molar-refractivity contribution in [2.45, 2.75) is 0 Å². The summed E-state index contributed by atoms with van der Waals surface area (Å²) in [5.41, 5.74) is 0. The molecule has 152 valence electrons. The van der Waals surface area contributed by atoms with Crippen molar-refractivity contribution in [1.29, 1.82) is 0 Å². The molecule has 20 heteroatoms. The molecule has 0 unspecified atom stereocenters. The van der Waals surface area contributed by atoms with Gasteiger partial charge in [-0.25, -0.2) is 17.6 Å². The molecule has 0 radical (unpaired) electrons. The molecule has 0 aromatic heterocycles. The quantitative estimate of drug-likeness (QED) is 0.297. The van der Waals surface area contributed by atoms with E-state index in [9.17, 15) is 69.3 Å². The van der Waals surface area contributed by atoms with Crippen molar-refractivity contribution in [2.75, 3.05) is 0 Å². The van der Waals surface area contributed by atoms with Gasteiger partial charge in [-0.1, -0.05) is 0 Å². The van der Waals surface area contributed by atoms with Crippen LogP contribution in [0.4, 0.5) is 69.3 Å². The van der Waals surface area contributed by atoms with E-state index in [1.165, 1.54) is 0 Å². The van der Waals surface area contributed by atoms with Gasteiger partial charge in [0.1, 0.15) is 0 Å². The average molecular weight is 418 g/mol. The molecule has 0 fully saturated rings. The Morgan fingerprint density at radius 3 is 0.538 bits per heavy atom. The molecule has 0 amide bonds. The van der Waals surface area contributed by atoms with Gasteiger partial charge in [0.15, 0.2) is 23.3 Å². The molecule has 0 atom stereocenters. The third-order valence-corrected chi connectivity index (χ3v) is 0.963. The molecule has 0 aliphatic carbocycles. The van der Waals surface area contributed by atoms with Crippen LogP contribution in [0.1, 0.15) is 0 Å². The summed E-state index contributed by atoms with van der Waals surface area (Å²) in [5, 5.41) is 0. The van der Waals surface area contributed by atoms with E-state index in [0.29, 0.717) is 0 Å². The topological polar surface area (TPSA) is 0 Å². The molecular weight excluding hydrogens is 415 g/mol. The van der Waals surface area contributed by atoms with Crippen LogP contribution in [0.2, 0.25) is 0 Å². The van der Waals surface area contributed by atoms with Gasteiger partial charge in [-0.15, -0.1) is 0 Å². The van der Waals surface area contributed by atoms with Gasteiger partial charge in [0.2, 0.25) is 0 Å². The predicted molar refractivity (Wildman–Crippen MR) is 64.0 cm³/mol. The second-order valence-corrected chi connectivity index (χ2v) is 3.17. The summed E-state index contributed by atoms with van der Waals surface area (Å²) >= 11 is 0. The Morgan fingerprint density at radius 1 is 0.385 bits per heavy atom. The van der Waals surface area contributed by atoms with Crippen LogP contribution < -0.4 is 0 Å². The minimum atomic E-state index is -6.00. The van der Waals surface area contributed by atoms with E-state index < -0.39 is 45.0 Å². The van der Waals surface area contributed by atoms with Gasteiger partial charge in [-0.3, -0.25) is 0 Å². The molecule has 0 saturated heterocycles. The van der Waals surface area contributed by atoms with Crippen molar-refractivity contribution < 1.29 is 69.3 Å². The van der Waals surface area contributed by atoms with Crippen molar-refractivity contribution in [3.8, 4) is 0 Å². The second kappa shape index (κ2) is 13.1. The molecule has 0 saturated carbocycles. The standard InChI is InChI=1S/C6H2F4.3BF4.Li.H/c7-3-1-4(8)6(10)2-5(3)9;3*2-1(3,4)5;;/h1-2H;;;;;/q;3*-1;;. The molecule has 0 aliphatic heterocycles. The first-order chi connectivity index (χ1) is 10.6. The van der Waals surface area contributed by atoms with E-state index in [1.807, 2.05) is 0 Å². The SMILES string of the molecule is F[B-](F)(F)F.F[B-](F)(F)F.F[B-](F)(F)F.Fc1cc(F)c(F)cc1F.[LiH]. The number of hydrogen-bond acceptors (Lipinski definition) is 0. The second-order valence-electron chi connectivity index (χ2n) is 3.17. The summed E-state index contributed by atoms with van der Waals surface area (Å²) in [7, 11) is -18.0.